The summed E-state index contributed by atoms with van der Waals surface area (Å²) in [4.78, 5) is 27.4. The normalized spacial score (nSPS) is 11.7. The average molecular weight is 308 g/mol. The molecule has 0 unspecified atom stereocenters. The molecule has 2 amide bonds. The molecule has 5 nitrogen and oxygen atoms in total. The highest BCUT2D eigenvalue weighted by molar-refractivity contribution is 6.30. The highest BCUT2D eigenvalue weighted by Crippen LogP contribution is 2.15. The van der Waals surface area contributed by atoms with Crippen molar-refractivity contribution in [3.8, 4) is 0 Å². The zero-order valence-electron chi connectivity index (χ0n) is 10.7. The van der Waals surface area contributed by atoms with E-state index >= 15 is 0 Å². The van der Waals surface area contributed by atoms with Gasteiger partial charge in [-0.3, -0.25) is 14.6 Å². The number of nitrogens with zero attached hydrogens (tertiary/aromatic N) is 1. The Balaban J connectivity index is 2.22. The predicted molar refractivity (Wildman–Crippen MR) is 75.0 cm³/mol. The predicted octanol–water partition coefficient (Wildman–Crippen LogP) is 1.83. The van der Waals surface area contributed by atoms with Crippen LogP contribution in [0.25, 0.3) is 0 Å². The molecule has 2 rings (SSSR count). The van der Waals surface area contributed by atoms with Crippen LogP contribution in [-0.4, -0.2) is 16.8 Å². The van der Waals surface area contributed by atoms with E-state index in [4.69, 9.17) is 17.3 Å². The van der Waals surface area contributed by atoms with Gasteiger partial charge in [-0.05, 0) is 29.8 Å². The lowest BCUT2D eigenvalue weighted by atomic mass is 10.1. The first-order valence-corrected chi connectivity index (χ1v) is 6.32. The molecular weight excluding hydrogens is 297 g/mol. The first-order valence-electron chi connectivity index (χ1n) is 5.94. The van der Waals surface area contributed by atoms with Gasteiger partial charge in [0.15, 0.2) is 0 Å². The maximum absolute atomic E-state index is 12.9. The lowest BCUT2D eigenvalue weighted by molar-refractivity contribution is -0.120. The van der Waals surface area contributed by atoms with Crippen molar-refractivity contribution < 1.29 is 14.0 Å². The van der Waals surface area contributed by atoms with Gasteiger partial charge in [0.05, 0.1) is 0 Å². The molecule has 1 aromatic heterocycles. The maximum atomic E-state index is 12.9. The van der Waals surface area contributed by atoms with E-state index < -0.39 is 23.7 Å². The lowest BCUT2D eigenvalue weighted by Gasteiger charge is -2.15. The van der Waals surface area contributed by atoms with Crippen molar-refractivity contribution in [2.24, 2.45) is 5.73 Å². The molecule has 1 heterocycles. The molecule has 108 valence electrons. The summed E-state index contributed by atoms with van der Waals surface area (Å²) in [5.41, 5.74) is 5.70. The molecule has 21 heavy (non-hydrogen) atoms. The van der Waals surface area contributed by atoms with E-state index in [2.05, 4.69) is 10.3 Å². The van der Waals surface area contributed by atoms with Gasteiger partial charge < -0.3 is 11.1 Å². The van der Waals surface area contributed by atoms with Crippen molar-refractivity contribution in [3.05, 3.63) is 64.7 Å². The van der Waals surface area contributed by atoms with Gasteiger partial charge in [-0.15, -0.1) is 0 Å². The minimum absolute atomic E-state index is 0.0517. The number of pyridine rings is 1. The quantitative estimate of drug-likeness (QED) is 0.903. The van der Waals surface area contributed by atoms with Crippen LogP contribution < -0.4 is 11.1 Å². The smallest absolute Gasteiger partial charge is 0.270 e. The molecule has 0 fully saturated rings. The third-order valence-electron chi connectivity index (χ3n) is 2.72. The minimum Gasteiger partial charge on any atom is -0.368 e. The number of nitrogens with one attached hydrogen (secondary N) is 1. The Bertz CT molecular complexity index is 676. The summed E-state index contributed by atoms with van der Waals surface area (Å²) in [5.74, 6) is -1.83. The highest BCUT2D eigenvalue weighted by Gasteiger charge is 2.21. The molecule has 3 N–H and O–H groups in total. The van der Waals surface area contributed by atoms with Crippen molar-refractivity contribution in [2.45, 2.75) is 6.04 Å². The van der Waals surface area contributed by atoms with Crippen LogP contribution in [0.5, 0.6) is 0 Å². The summed E-state index contributed by atoms with van der Waals surface area (Å²) in [6.45, 7) is 0. The van der Waals surface area contributed by atoms with Crippen molar-refractivity contribution >= 4 is 23.4 Å². The third-order valence-corrected chi connectivity index (χ3v) is 2.95. The Hall–Kier alpha value is -2.47. The second kappa shape index (κ2) is 6.32. The summed E-state index contributed by atoms with van der Waals surface area (Å²) >= 11 is 5.77. The molecule has 2 aromatic rings. The van der Waals surface area contributed by atoms with Crippen LogP contribution in [-0.2, 0) is 4.79 Å². The van der Waals surface area contributed by atoms with Gasteiger partial charge in [0.2, 0.25) is 5.91 Å². The zero-order valence-corrected chi connectivity index (χ0v) is 11.5. The molecule has 0 aliphatic rings. The van der Waals surface area contributed by atoms with Crippen LogP contribution in [0.4, 0.5) is 4.39 Å². The number of nitrogens with two attached hydrogens (primary N) is 1. The fourth-order valence-electron chi connectivity index (χ4n) is 1.71. The summed E-state index contributed by atoms with van der Waals surface area (Å²) in [7, 11) is 0. The van der Waals surface area contributed by atoms with Crippen molar-refractivity contribution in [1.29, 1.82) is 0 Å². The van der Waals surface area contributed by atoms with Gasteiger partial charge in [0, 0.05) is 11.2 Å². The van der Waals surface area contributed by atoms with Crippen LogP contribution in [0.1, 0.15) is 22.1 Å². The monoisotopic (exact) mass is 307 g/mol. The molecule has 0 saturated carbocycles. The Morgan fingerprint density at radius 1 is 1.24 bits per heavy atom. The first kappa shape index (κ1) is 14.9. The Labute approximate surface area is 124 Å². The van der Waals surface area contributed by atoms with E-state index in [0.29, 0.717) is 10.6 Å². The summed E-state index contributed by atoms with van der Waals surface area (Å²) in [6, 6.07) is 6.89. The van der Waals surface area contributed by atoms with Gasteiger partial charge in [0.25, 0.3) is 5.91 Å². The molecular formula is C14H11ClFN3O2. The van der Waals surface area contributed by atoms with E-state index in [9.17, 15) is 14.0 Å². The third kappa shape index (κ3) is 3.76. The second-order valence-electron chi connectivity index (χ2n) is 4.22. The number of carbonyl (C=O) groups is 2. The van der Waals surface area contributed by atoms with Crippen LogP contribution in [0.15, 0.2) is 42.6 Å². The molecule has 0 aliphatic heterocycles. The lowest BCUT2D eigenvalue weighted by Crippen LogP contribution is -2.37. The summed E-state index contributed by atoms with van der Waals surface area (Å²) in [5, 5.41) is 2.78. The summed E-state index contributed by atoms with van der Waals surface area (Å²) in [6.07, 6.45) is 1.37. The molecule has 0 radical (unpaired) electrons. The number of aromatic nitrogens is 1. The van der Waals surface area contributed by atoms with Crippen LogP contribution in [0.3, 0.4) is 0 Å². The molecule has 0 saturated heterocycles. The first-order chi connectivity index (χ1) is 9.97. The van der Waals surface area contributed by atoms with Crippen LogP contribution >= 0.6 is 11.6 Å². The number of hydrogen-bond acceptors (Lipinski definition) is 3. The zero-order chi connectivity index (χ0) is 15.4. The number of primary amides is 1. The standard InChI is InChI=1S/C14H11ClFN3O2/c15-9-5-6-18-11(7-9)14(21)19-12(13(17)20)8-1-3-10(16)4-2-8/h1-7,12H,(H2,17,20)(H,19,21)/t12-/m0/s1. The fourth-order valence-corrected chi connectivity index (χ4v) is 1.87. The van der Waals surface area contributed by atoms with Crippen molar-refractivity contribution in [1.82, 2.24) is 10.3 Å². The molecule has 1 atom stereocenters. The summed E-state index contributed by atoms with van der Waals surface area (Å²) < 4.78 is 12.9. The van der Waals surface area contributed by atoms with Crippen molar-refractivity contribution in [3.63, 3.8) is 0 Å². The minimum atomic E-state index is -1.08. The number of amides is 2. The number of halogens is 2. The van der Waals surface area contributed by atoms with E-state index in [1.165, 1.54) is 42.6 Å². The average Bonchev–Trinajstić information content (AvgIpc) is 2.45. The molecule has 0 bridgehead atoms. The Morgan fingerprint density at radius 2 is 1.90 bits per heavy atom. The van der Waals surface area contributed by atoms with Gasteiger partial charge in [-0.1, -0.05) is 23.7 Å². The molecule has 0 spiro atoms. The topological polar surface area (TPSA) is 85.1 Å². The number of rotatable bonds is 4. The van der Waals surface area contributed by atoms with Crippen molar-refractivity contribution in [2.75, 3.05) is 0 Å². The Kier molecular flexibility index (Phi) is 4.49. The van der Waals surface area contributed by atoms with Gasteiger partial charge in [-0.25, -0.2) is 4.39 Å². The second-order valence-corrected chi connectivity index (χ2v) is 4.66. The molecule has 7 heteroatoms. The largest absolute Gasteiger partial charge is 0.368 e. The van der Waals surface area contributed by atoms with E-state index in [-0.39, 0.29) is 5.69 Å². The van der Waals surface area contributed by atoms with Gasteiger partial charge in [0.1, 0.15) is 17.6 Å². The van der Waals surface area contributed by atoms with Gasteiger partial charge in [-0.2, -0.15) is 0 Å². The van der Waals surface area contributed by atoms with Crippen LogP contribution in [0.2, 0.25) is 5.02 Å². The van der Waals surface area contributed by atoms with E-state index in [1.807, 2.05) is 0 Å². The number of benzene rings is 1. The SMILES string of the molecule is NC(=O)[C@@H](NC(=O)c1cc(Cl)ccn1)c1ccc(F)cc1. The molecule has 0 aliphatic carbocycles. The van der Waals surface area contributed by atoms with E-state index in [0.717, 1.165) is 0 Å². The Morgan fingerprint density at radius 3 is 2.48 bits per heavy atom. The number of carbonyl (C=O) groups excluding carboxylic acids is 2. The van der Waals surface area contributed by atoms with Crippen LogP contribution in [0, 0.1) is 5.82 Å². The molecule has 1 aromatic carbocycles. The highest BCUT2D eigenvalue weighted by atomic mass is 35.5. The van der Waals surface area contributed by atoms with Gasteiger partial charge >= 0.3 is 0 Å². The van der Waals surface area contributed by atoms with E-state index in [1.54, 1.807) is 0 Å². The fraction of sp³-hybridized carbons (Fsp3) is 0.0714. The number of hydrogen-bond donors (Lipinski definition) is 2. The maximum Gasteiger partial charge on any atom is 0.270 e.